The first kappa shape index (κ1) is 30.1. The van der Waals surface area contributed by atoms with E-state index in [-0.39, 0.29) is 30.1 Å². The highest BCUT2D eigenvalue weighted by molar-refractivity contribution is 5.92. The molecular weight excluding hydrogens is 521 g/mol. The predicted octanol–water partition coefficient (Wildman–Crippen LogP) is 2.63. The van der Waals surface area contributed by atoms with Gasteiger partial charge in [0.2, 0.25) is 17.7 Å². The predicted molar refractivity (Wildman–Crippen MR) is 159 cm³/mol. The number of rotatable bonds is 9. The van der Waals surface area contributed by atoms with Gasteiger partial charge in [0.05, 0.1) is 11.6 Å². The molecule has 3 amide bonds. The Kier molecular flexibility index (Phi) is 9.40. The molecule has 1 heterocycles. The van der Waals surface area contributed by atoms with Crippen molar-refractivity contribution in [2.24, 2.45) is 5.73 Å². The number of piperazine rings is 1. The molecule has 0 aromatic heterocycles. The third-order valence-electron chi connectivity index (χ3n) is 7.72. The second-order valence-electron chi connectivity index (χ2n) is 11.5. The average Bonchev–Trinajstić information content (AvgIpc) is 2.95. The third kappa shape index (κ3) is 7.48. The smallest absolute Gasteiger partial charge is 0.245 e. The van der Waals surface area contributed by atoms with E-state index < -0.39 is 23.5 Å². The monoisotopic (exact) mass is 561 g/mol. The Balaban J connectivity index is 1.50. The Hall–Kier alpha value is -3.82. The van der Waals surface area contributed by atoms with Crippen molar-refractivity contribution in [2.45, 2.75) is 57.3 Å². The van der Waals surface area contributed by atoms with Crippen LogP contribution in [0.15, 0.2) is 66.7 Å². The standard InChI is InChI=1S/C32H40FN5O3/c1-21-20-37(28(29(39)35-4)19-23-9-12-24-7-5-6-8-25(24)17-23)15-16-38(21)30(40)27(36-31(41)32(2,3)34)18-22-10-13-26(33)14-11-22/h5-14,17,21,27-28H,15-16,18-20,34H2,1-4H3,(H,35,39)(H,36,41). The summed E-state index contributed by atoms with van der Waals surface area (Å²) < 4.78 is 13.5. The molecule has 1 saturated heterocycles. The molecule has 218 valence electrons. The molecule has 1 fully saturated rings. The lowest BCUT2D eigenvalue weighted by atomic mass is 9.98. The number of nitrogens with one attached hydrogen (secondary N) is 2. The summed E-state index contributed by atoms with van der Waals surface area (Å²) in [5, 5.41) is 7.90. The number of fused-ring (bicyclic) bond motifs is 1. The van der Waals surface area contributed by atoms with Crippen LogP contribution in [-0.4, -0.2) is 77.9 Å². The Labute approximate surface area is 241 Å². The van der Waals surface area contributed by atoms with Crippen LogP contribution >= 0.6 is 0 Å². The summed E-state index contributed by atoms with van der Waals surface area (Å²) in [5.74, 6) is -1.12. The molecule has 4 N–H and O–H groups in total. The van der Waals surface area contributed by atoms with Gasteiger partial charge in [-0.15, -0.1) is 0 Å². The molecule has 3 aromatic carbocycles. The third-order valence-corrected chi connectivity index (χ3v) is 7.72. The fourth-order valence-corrected chi connectivity index (χ4v) is 5.34. The van der Waals surface area contributed by atoms with E-state index in [1.807, 2.05) is 19.1 Å². The van der Waals surface area contributed by atoms with Gasteiger partial charge < -0.3 is 21.3 Å². The van der Waals surface area contributed by atoms with Gasteiger partial charge in [0.15, 0.2) is 0 Å². The molecule has 0 aliphatic carbocycles. The van der Waals surface area contributed by atoms with Crippen molar-refractivity contribution in [3.8, 4) is 0 Å². The van der Waals surface area contributed by atoms with Crippen LogP contribution in [0.3, 0.4) is 0 Å². The van der Waals surface area contributed by atoms with Crippen molar-refractivity contribution < 1.29 is 18.8 Å². The zero-order chi connectivity index (χ0) is 29.7. The largest absolute Gasteiger partial charge is 0.358 e. The number of hydrogen-bond acceptors (Lipinski definition) is 5. The van der Waals surface area contributed by atoms with Gasteiger partial charge in [-0.1, -0.05) is 54.6 Å². The van der Waals surface area contributed by atoms with Crippen LogP contribution in [-0.2, 0) is 27.2 Å². The average molecular weight is 562 g/mol. The van der Waals surface area contributed by atoms with Crippen LogP contribution in [0, 0.1) is 5.82 Å². The minimum Gasteiger partial charge on any atom is -0.358 e. The number of amides is 3. The summed E-state index contributed by atoms with van der Waals surface area (Å²) in [6.07, 6.45) is 0.747. The van der Waals surface area contributed by atoms with Gasteiger partial charge in [-0.25, -0.2) is 4.39 Å². The summed E-state index contributed by atoms with van der Waals surface area (Å²) in [6.45, 7) is 6.51. The first-order valence-corrected chi connectivity index (χ1v) is 14.0. The Morgan fingerprint density at radius 3 is 2.27 bits per heavy atom. The lowest BCUT2D eigenvalue weighted by Gasteiger charge is -2.44. The lowest BCUT2D eigenvalue weighted by Crippen LogP contribution is -2.63. The van der Waals surface area contributed by atoms with Crippen molar-refractivity contribution >= 4 is 28.5 Å². The van der Waals surface area contributed by atoms with Crippen molar-refractivity contribution in [1.82, 2.24) is 20.4 Å². The summed E-state index contributed by atoms with van der Waals surface area (Å²) in [5.41, 5.74) is 6.62. The summed E-state index contributed by atoms with van der Waals surface area (Å²) in [7, 11) is 1.64. The maximum Gasteiger partial charge on any atom is 0.245 e. The number of likely N-dealkylation sites (N-methyl/N-ethyl adjacent to an activating group) is 1. The van der Waals surface area contributed by atoms with E-state index in [4.69, 9.17) is 5.73 Å². The van der Waals surface area contributed by atoms with Gasteiger partial charge in [-0.3, -0.25) is 19.3 Å². The number of hydrogen-bond donors (Lipinski definition) is 3. The van der Waals surface area contributed by atoms with E-state index in [9.17, 15) is 18.8 Å². The maximum atomic E-state index is 13.8. The van der Waals surface area contributed by atoms with Crippen molar-refractivity contribution in [1.29, 1.82) is 0 Å². The zero-order valence-electron chi connectivity index (χ0n) is 24.2. The highest BCUT2D eigenvalue weighted by atomic mass is 19.1. The van der Waals surface area contributed by atoms with Crippen molar-refractivity contribution in [3.05, 3.63) is 83.7 Å². The van der Waals surface area contributed by atoms with Crippen LogP contribution in [0.4, 0.5) is 4.39 Å². The van der Waals surface area contributed by atoms with Crippen LogP contribution in [0.2, 0.25) is 0 Å². The molecule has 0 radical (unpaired) electrons. The lowest BCUT2D eigenvalue weighted by molar-refractivity contribution is -0.142. The molecule has 0 saturated carbocycles. The minimum absolute atomic E-state index is 0.0724. The second kappa shape index (κ2) is 12.8. The molecule has 9 heteroatoms. The Bertz CT molecular complexity index is 1390. The summed E-state index contributed by atoms with van der Waals surface area (Å²) >= 11 is 0. The molecule has 1 aliphatic heterocycles. The van der Waals surface area contributed by atoms with E-state index in [2.05, 4.69) is 45.9 Å². The molecule has 4 rings (SSSR count). The first-order chi connectivity index (χ1) is 19.5. The maximum absolute atomic E-state index is 13.8. The van der Waals surface area contributed by atoms with Crippen LogP contribution in [0.25, 0.3) is 10.8 Å². The number of carbonyl (C=O) groups excluding carboxylic acids is 3. The van der Waals surface area contributed by atoms with Gasteiger partial charge >= 0.3 is 0 Å². The summed E-state index contributed by atoms with van der Waals surface area (Å²) in [4.78, 5) is 43.5. The number of halogens is 1. The highest BCUT2D eigenvalue weighted by Gasteiger charge is 2.37. The fraction of sp³-hybridized carbons (Fsp3) is 0.406. The second-order valence-corrected chi connectivity index (χ2v) is 11.5. The number of nitrogens with zero attached hydrogens (tertiary/aromatic N) is 2. The van der Waals surface area contributed by atoms with E-state index in [1.54, 1.807) is 37.9 Å². The molecular formula is C32H40FN5O3. The van der Waals surface area contributed by atoms with Crippen LogP contribution in [0.5, 0.6) is 0 Å². The van der Waals surface area contributed by atoms with Gasteiger partial charge in [0.1, 0.15) is 11.9 Å². The fourth-order valence-electron chi connectivity index (χ4n) is 5.34. The van der Waals surface area contributed by atoms with Crippen molar-refractivity contribution in [2.75, 3.05) is 26.7 Å². The van der Waals surface area contributed by atoms with E-state index in [0.29, 0.717) is 26.1 Å². The molecule has 0 bridgehead atoms. The number of nitrogens with two attached hydrogens (primary N) is 1. The van der Waals surface area contributed by atoms with E-state index in [1.165, 1.54) is 12.1 Å². The molecule has 41 heavy (non-hydrogen) atoms. The zero-order valence-corrected chi connectivity index (χ0v) is 24.2. The van der Waals surface area contributed by atoms with Gasteiger partial charge in [-0.05, 0) is 61.2 Å². The van der Waals surface area contributed by atoms with Gasteiger partial charge in [0, 0.05) is 39.1 Å². The van der Waals surface area contributed by atoms with Gasteiger partial charge in [0.25, 0.3) is 0 Å². The molecule has 3 aromatic rings. The Morgan fingerprint density at radius 2 is 1.63 bits per heavy atom. The molecule has 1 aliphatic rings. The molecule has 3 atom stereocenters. The van der Waals surface area contributed by atoms with Crippen molar-refractivity contribution in [3.63, 3.8) is 0 Å². The first-order valence-electron chi connectivity index (χ1n) is 14.0. The molecule has 3 unspecified atom stereocenters. The topological polar surface area (TPSA) is 108 Å². The van der Waals surface area contributed by atoms with E-state index in [0.717, 1.165) is 21.9 Å². The van der Waals surface area contributed by atoms with Crippen LogP contribution < -0.4 is 16.4 Å². The number of benzene rings is 3. The Morgan fingerprint density at radius 1 is 0.976 bits per heavy atom. The van der Waals surface area contributed by atoms with Gasteiger partial charge in [-0.2, -0.15) is 0 Å². The SMILES string of the molecule is CNC(=O)C(Cc1ccc2ccccc2c1)N1CCN(C(=O)C(Cc2ccc(F)cc2)NC(=O)C(C)(C)N)C(C)C1. The molecule has 8 nitrogen and oxygen atoms in total. The quantitative estimate of drug-likeness (QED) is 0.372. The summed E-state index contributed by atoms with van der Waals surface area (Å²) in [6, 6.07) is 18.8. The minimum atomic E-state index is -1.17. The van der Waals surface area contributed by atoms with E-state index >= 15 is 0 Å². The molecule has 0 spiro atoms. The normalized spacial score (nSPS) is 17.6. The highest BCUT2D eigenvalue weighted by Crippen LogP contribution is 2.21. The van der Waals surface area contributed by atoms with Crippen LogP contribution in [0.1, 0.15) is 31.9 Å². The number of carbonyl (C=O) groups is 3.